The van der Waals surface area contributed by atoms with Crippen molar-refractivity contribution >= 4 is 11.9 Å². The second-order valence-corrected chi connectivity index (χ2v) is 4.55. The normalized spacial score (nSPS) is 21.3. The van der Waals surface area contributed by atoms with Crippen molar-refractivity contribution in [1.82, 2.24) is 10.2 Å². The lowest BCUT2D eigenvalue weighted by Gasteiger charge is -2.24. The standard InChI is InChI=1S/C11H21N3O/c1-4-5-6-9-10(12)13-11(15)14(9)7-8(2)3/h8-9H,4-7H2,1-3H3,(H2,12,13,15). The largest absolute Gasteiger partial charge is 0.323 e. The van der Waals surface area contributed by atoms with Gasteiger partial charge in [-0.2, -0.15) is 0 Å². The molecule has 0 aliphatic carbocycles. The molecule has 0 spiro atoms. The lowest BCUT2D eigenvalue weighted by atomic mass is 10.1. The van der Waals surface area contributed by atoms with Crippen molar-refractivity contribution in [2.75, 3.05) is 6.54 Å². The Labute approximate surface area is 91.5 Å². The van der Waals surface area contributed by atoms with E-state index >= 15 is 0 Å². The Bertz CT molecular complexity index is 250. The average Bonchev–Trinajstić information content (AvgIpc) is 2.39. The van der Waals surface area contributed by atoms with Crippen LogP contribution in [0.3, 0.4) is 0 Å². The number of urea groups is 1. The van der Waals surface area contributed by atoms with E-state index in [1.807, 2.05) is 0 Å². The van der Waals surface area contributed by atoms with E-state index in [1.54, 1.807) is 4.90 Å². The average molecular weight is 211 g/mol. The Kier molecular flexibility index (Phi) is 4.12. The molecule has 1 unspecified atom stereocenters. The molecule has 1 rings (SSSR count). The lowest BCUT2D eigenvalue weighted by molar-refractivity contribution is 0.195. The van der Waals surface area contributed by atoms with Crippen LogP contribution in [0.25, 0.3) is 0 Å². The molecule has 1 aliphatic rings. The Hall–Kier alpha value is -1.06. The number of rotatable bonds is 5. The summed E-state index contributed by atoms with van der Waals surface area (Å²) in [6.07, 6.45) is 3.07. The number of carbonyl (C=O) groups is 1. The van der Waals surface area contributed by atoms with Crippen LogP contribution in [0.15, 0.2) is 0 Å². The third kappa shape index (κ3) is 2.94. The molecule has 2 amide bonds. The molecule has 1 saturated heterocycles. The second-order valence-electron chi connectivity index (χ2n) is 4.55. The zero-order valence-corrected chi connectivity index (χ0v) is 9.84. The van der Waals surface area contributed by atoms with E-state index in [2.05, 4.69) is 26.1 Å². The first kappa shape index (κ1) is 12.0. The minimum atomic E-state index is -0.102. The molecule has 4 heteroatoms. The molecule has 0 aromatic heterocycles. The van der Waals surface area contributed by atoms with Crippen LogP contribution in [-0.2, 0) is 0 Å². The first-order chi connectivity index (χ1) is 7.06. The van der Waals surface area contributed by atoms with Gasteiger partial charge >= 0.3 is 6.03 Å². The maximum Gasteiger partial charge on any atom is 0.323 e. The van der Waals surface area contributed by atoms with Gasteiger partial charge in [0.25, 0.3) is 0 Å². The molecule has 0 aromatic rings. The van der Waals surface area contributed by atoms with Crippen molar-refractivity contribution in [3.8, 4) is 0 Å². The summed E-state index contributed by atoms with van der Waals surface area (Å²) in [6.45, 7) is 7.04. The second kappa shape index (κ2) is 5.14. The van der Waals surface area contributed by atoms with Gasteiger partial charge in [0.2, 0.25) is 0 Å². The monoisotopic (exact) mass is 211 g/mol. The van der Waals surface area contributed by atoms with Gasteiger partial charge < -0.3 is 4.90 Å². The third-order valence-electron chi connectivity index (χ3n) is 2.60. The Morgan fingerprint density at radius 2 is 2.20 bits per heavy atom. The molecular weight excluding hydrogens is 190 g/mol. The Morgan fingerprint density at radius 3 is 2.73 bits per heavy atom. The van der Waals surface area contributed by atoms with E-state index in [0.717, 1.165) is 25.8 Å². The van der Waals surface area contributed by atoms with Gasteiger partial charge in [-0.1, -0.05) is 33.6 Å². The topological polar surface area (TPSA) is 56.2 Å². The van der Waals surface area contributed by atoms with Gasteiger partial charge in [-0.15, -0.1) is 0 Å². The van der Waals surface area contributed by atoms with E-state index < -0.39 is 0 Å². The van der Waals surface area contributed by atoms with Crippen LogP contribution in [0.2, 0.25) is 0 Å². The van der Waals surface area contributed by atoms with Gasteiger partial charge in [-0.3, -0.25) is 10.7 Å². The maximum absolute atomic E-state index is 11.6. The fourth-order valence-electron chi connectivity index (χ4n) is 1.87. The molecular formula is C11H21N3O. The van der Waals surface area contributed by atoms with E-state index in [9.17, 15) is 4.79 Å². The van der Waals surface area contributed by atoms with E-state index in [4.69, 9.17) is 5.41 Å². The van der Waals surface area contributed by atoms with Gasteiger partial charge in [0, 0.05) is 6.54 Å². The molecule has 1 aliphatic heterocycles. The summed E-state index contributed by atoms with van der Waals surface area (Å²) in [6, 6.07) is -0.116. The zero-order valence-electron chi connectivity index (χ0n) is 9.84. The molecule has 0 bridgehead atoms. The fourth-order valence-corrected chi connectivity index (χ4v) is 1.87. The van der Waals surface area contributed by atoms with Gasteiger partial charge in [0.15, 0.2) is 0 Å². The highest BCUT2D eigenvalue weighted by molar-refractivity contribution is 6.05. The minimum absolute atomic E-state index is 0.0140. The number of carbonyl (C=O) groups excluding carboxylic acids is 1. The van der Waals surface area contributed by atoms with Crippen molar-refractivity contribution in [3.63, 3.8) is 0 Å². The van der Waals surface area contributed by atoms with Crippen LogP contribution in [-0.4, -0.2) is 29.4 Å². The van der Waals surface area contributed by atoms with Gasteiger partial charge in [0.05, 0.1) is 6.04 Å². The first-order valence-corrected chi connectivity index (χ1v) is 5.72. The number of nitrogens with one attached hydrogen (secondary N) is 2. The number of nitrogens with zero attached hydrogens (tertiary/aromatic N) is 1. The first-order valence-electron chi connectivity index (χ1n) is 5.72. The van der Waals surface area contributed by atoms with Gasteiger partial charge in [-0.25, -0.2) is 4.79 Å². The third-order valence-corrected chi connectivity index (χ3v) is 2.60. The highest BCUT2D eigenvalue weighted by Gasteiger charge is 2.34. The quantitative estimate of drug-likeness (QED) is 0.719. The minimum Gasteiger partial charge on any atom is -0.314 e. The number of amides is 2. The van der Waals surface area contributed by atoms with E-state index in [-0.39, 0.29) is 12.1 Å². The molecule has 1 atom stereocenters. The van der Waals surface area contributed by atoms with Crippen LogP contribution >= 0.6 is 0 Å². The fraction of sp³-hybridized carbons (Fsp3) is 0.818. The van der Waals surface area contributed by atoms with Crippen molar-refractivity contribution in [3.05, 3.63) is 0 Å². The lowest BCUT2D eigenvalue weighted by Crippen LogP contribution is -2.37. The van der Waals surface area contributed by atoms with Crippen molar-refractivity contribution in [2.45, 2.75) is 46.1 Å². The Balaban J connectivity index is 2.62. The zero-order chi connectivity index (χ0) is 11.4. The summed E-state index contributed by atoms with van der Waals surface area (Å²) in [4.78, 5) is 13.4. The maximum atomic E-state index is 11.6. The molecule has 0 saturated carbocycles. The highest BCUT2D eigenvalue weighted by atomic mass is 16.2. The van der Waals surface area contributed by atoms with Crippen molar-refractivity contribution < 1.29 is 4.79 Å². The summed E-state index contributed by atoms with van der Waals surface area (Å²) in [5, 5.41) is 10.3. The summed E-state index contributed by atoms with van der Waals surface area (Å²) in [7, 11) is 0. The summed E-state index contributed by atoms with van der Waals surface area (Å²) >= 11 is 0. The van der Waals surface area contributed by atoms with Crippen molar-refractivity contribution in [2.24, 2.45) is 5.92 Å². The predicted octanol–water partition coefficient (Wildman–Crippen LogP) is 2.20. The molecule has 1 heterocycles. The Morgan fingerprint density at radius 1 is 1.53 bits per heavy atom. The van der Waals surface area contributed by atoms with Crippen LogP contribution in [0, 0.1) is 11.3 Å². The predicted molar refractivity (Wildman–Crippen MR) is 61.1 cm³/mol. The number of hydrogen-bond donors (Lipinski definition) is 2. The molecule has 0 aromatic carbocycles. The summed E-state index contributed by atoms with van der Waals surface area (Å²) in [5.74, 6) is 0.819. The van der Waals surface area contributed by atoms with Crippen LogP contribution in [0.1, 0.15) is 40.0 Å². The van der Waals surface area contributed by atoms with Gasteiger partial charge in [-0.05, 0) is 12.3 Å². The summed E-state index contributed by atoms with van der Waals surface area (Å²) in [5.41, 5.74) is 0. The summed E-state index contributed by atoms with van der Waals surface area (Å²) < 4.78 is 0. The number of amidine groups is 1. The van der Waals surface area contributed by atoms with Crippen LogP contribution in [0.4, 0.5) is 4.79 Å². The SMILES string of the molecule is CCCCC1C(=N)NC(=O)N1CC(C)C. The smallest absolute Gasteiger partial charge is 0.314 e. The number of unbranched alkanes of at least 4 members (excludes halogenated alkanes) is 1. The van der Waals surface area contributed by atoms with Crippen LogP contribution < -0.4 is 5.32 Å². The van der Waals surface area contributed by atoms with E-state index in [0.29, 0.717) is 11.8 Å². The van der Waals surface area contributed by atoms with Gasteiger partial charge in [0.1, 0.15) is 5.84 Å². The molecule has 15 heavy (non-hydrogen) atoms. The molecule has 4 nitrogen and oxygen atoms in total. The molecule has 0 radical (unpaired) electrons. The van der Waals surface area contributed by atoms with Crippen LogP contribution in [0.5, 0.6) is 0 Å². The molecule has 2 N–H and O–H groups in total. The molecule has 1 fully saturated rings. The number of hydrogen-bond acceptors (Lipinski definition) is 2. The molecule has 86 valence electrons. The van der Waals surface area contributed by atoms with Crippen molar-refractivity contribution in [1.29, 1.82) is 5.41 Å². The highest BCUT2D eigenvalue weighted by Crippen LogP contribution is 2.16. The van der Waals surface area contributed by atoms with E-state index in [1.165, 1.54) is 0 Å².